The number of nitrogens with one attached hydrogen (secondary N) is 2. The number of methoxy groups -OCH3 is 1. The average Bonchev–Trinajstić information content (AvgIpc) is 3.24. The predicted molar refractivity (Wildman–Crippen MR) is 123 cm³/mol. The number of aliphatic hydroxyl groups excluding tert-OH is 1. The van der Waals surface area contributed by atoms with Crippen LogP contribution in [0.15, 0.2) is 52.9 Å². The van der Waals surface area contributed by atoms with Gasteiger partial charge in [-0.1, -0.05) is 11.6 Å². The van der Waals surface area contributed by atoms with E-state index in [2.05, 4.69) is 10.6 Å². The highest BCUT2D eigenvalue weighted by atomic mass is 35.5. The molecule has 3 rings (SSSR count). The molecule has 1 aromatic heterocycles. The number of benzene rings is 2. The molecule has 0 saturated heterocycles. The first-order chi connectivity index (χ1) is 14.9. The lowest BCUT2D eigenvalue weighted by atomic mass is 10.1. The Bertz CT molecular complexity index is 1100. The molecule has 3 N–H and O–H groups in total. The average molecular weight is 461 g/mol. The molecule has 0 radical (unpaired) electrons. The van der Waals surface area contributed by atoms with Crippen LogP contribution in [-0.4, -0.2) is 29.8 Å². The number of thiocarbonyl (C=S) groups is 1. The first-order valence-corrected chi connectivity index (χ1v) is 10.2. The predicted octanol–water partition coefficient (Wildman–Crippen LogP) is 4.63. The zero-order valence-electron chi connectivity index (χ0n) is 16.9. The molecule has 0 unspecified atom stereocenters. The van der Waals surface area contributed by atoms with Gasteiger partial charge in [0, 0.05) is 11.3 Å². The second kappa shape index (κ2) is 10.3. The first-order valence-electron chi connectivity index (χ1n) is 9.37. The van der Waals surface area contributed by atoms with E-state index < -0.39 is 5.91 Å². The SMILES string of the molecule is CCOc1ccc(C(=O)NC(=S)Nc2ccc(OC)c(-c3ccc(CO)o3)c2)cc1Cl. The molecular formula is C22H21ClN2O5S. The Morgan fingerprint density at radius 3 is 2.58 bits per heavy atom. The van der Waals surface area contributed by atoms with E-state index in [1.165, 1.54) is 6.07 Å². The van der Waals surface area contributed by atoms with Crippen LogP contribution in [0.2, 0.25) is 5.02 Å². The van der Waals surface area contributed by atoms with Crippen LogP contribution in [0.3, 0.4) is 0 Å². The summed E-state index contributed by atoms with van der Waals surface area (Å²) >= 11 is 11.4. The van der Waals surface area contributed by atoms with Gasteiger partial charge in [-0.05, 0) is 67.7 Å². The number of anilines is 1. The van der Waals surface area contributed by atoms with Crippen LogP contribution in [0.5, 0.6) is 11.5 Å². The molecule has 0 fully saturated rings. The summed E-state index contributed by atoms with van der Waals surface area (Å²) in [5.41, 5.74) is 1.63. The third kappa shape index (κ3) is 5.55. The third-order valence-corrected chi connectivity index (χ3v) is 4.76. The number of carbonyl (C=O) groups is 1. The molecule has 0 aliphatic rings. The van der Waals surface area contributed by atoms with E-state index in [4.69, 9.17) is 37.7 Å². The Morgan fingerprint density at radius 2 is 1.94 bits per heavy atom. The van der Waals surface area contributed by atoms with Gasteiger partial charge in [0.15, 0.2) is 5.11 Å². The van der Waals surface area contributed by atoms with Crippen LogP contribution in [0.25, 0.3) is 11.3 Å². The summed E-state index contributed by atoms with van der Waals surface area (Å²) in [6, 6.07) is 13.5. The Kier molecular flexibility index (Phi) is 7.51. The van der Waals surface area contributed by atoms with Crippen molar-refractivity contribution in [2.75, 3.05) is 19.0 Å². The normalized spacial score (nSPS) is 10.5. The van der Waals surface area contributed by atoms with E-state index in [9.17, 15) is 9.90 Å². The van der Waals surface area contributed by atoms with Gasteiger partial charge in [-0.2, -0.15) is 0 Å². The Labute approximate surface area is 189 Å². The minimum absolute atomic E-state index is 0.113. The maximum Gasteiger partial charge on any atom is 0.257 e. The first kappa shape index (κ1) is 22.6. The molecule has 0 bridgehead atoms. The summed E-state index contributed by atoms with van der Waals surface area (Å²) in [4.78, 5) is 12.5. The lowest BCUT2D eigenvalue weighted by molar-refractivity contribution is 0.0977. The van der Waals surface area contributed by atoms with Crippen molar-refractivity contribution in [2.24, 2.45) is 0 Å². The maximum absolute atomic E-state index is 12.5. The van der Waals surface area contributed by atoms with Gasteiger partial charge in [0.05, 0.1) is 24.3 Å². The zero-order valence-corrected chi connectivity index (χ0v) is 18.5. The highest BCUT2D eigenvalue weighted by molar-refractivity contribution is 7.80. The topological polar surface area (TPSA) is 93.0 Å². The second-order valence-electron chi connectivity index (χ2n) is 6.33. The number of aliphatic hydroxyl groups is 1. The van der Waals surface area contributed by atoms with Crippen molar-refractivity contribution in [3.05, 3.63) is 64.9 Å². The fourth-order valence-corrected chi connectivity index (χ4v) is 3.28. The number of amides is 1. The highest BCUT2D eigenvalue weighted by Crippen LogP contribution is 2.34. The molecule has 0 atom stereocenters. The summed E-state index contributed by atoms with van der Waals surface area (Å²) in [5.74, 6) is 1.66. The molecule has 9 heteroatoms. The summed E-state index contributed by atoms with van der Waals surface area (Å²) in [6.07, 6.45) is 0. The molecule has 3 aromatic rings. The van der Waals surface area contributed by atoms with Gasteiger partial charge in [0.2, 0.25) is 0 Å². The van der Waals surface area contributed by atoms with Crippen LogP contribution in [0.4, 0.5) is 5.69 Å². The van der Waals surface area contributed by atoms with Crippen LogP contribution in [0.1, 0.15) is 23.0 Å². The van der Waals surface area contributed by atoms with E-state index in [0.717, 1.165) is 0 Å². The summed E-state index contributed by atoms with van der Waals surface area (Å²) in [5, 5.41) is 15.3. The Hall–Kier alpha value is -3.07. The van der Waals surface area contributed by atoms with Crippen molar-refractivity contribution in [2.45, 2.75) is 13.5 Å². The molecule has 162 valence electrons. The quantitative estimate of drug-likeness (QED) is 0.443. The van der Waals surface area contributed by atoms with E-state index >= 15 is 0 Å². The third-order valence-electron chi connectivity index (χ3n) is 4.26. The minimum atomic E-state index is -0.408. The molecule has 7 nitrogen and oxygen atoms in total. The molecule has 2 aromatic carbocycles. The molecule has 31 heavy (non-hydrogen) atoms. The number of ether oxygens (including phenoxy) is 2. The van der Waals surface area contributed by atoms with Crippen molar-refractivity contribution in [1.29, 1.82) is 0 Å². The Morgan fingerprint density at radius 1 is 1.16 bits per heavy atom. The minimum Gasteiger partial charge on any atom is -0.496 e. The molecule has 1 amide bonds. The number of furan rings is 1. The smallest absolute Gasteiger partial charge is 0.257 e. The fraction of sp³-hybridized carbons (Fsp3) is 0.182. The van der Waals surface area contributed by atoms with E-state index in [-0.39, 0.29) is 11.7 Å². The standard InChI is InChI=1S/C22H21ClN2O5S/c1-3-29-20-7-4-13(10-17(20)23)21(27)25-22(31)24-14-5-8-18(28-2)16(11-14)19-9-6-15(12-26)30-19/h4-11,26H,3,12H2,1-2H3,(H2,24,25,27,31). The molecule has 0 spiro atoms. The molecule has 0 aliphatic carbocycles. The van der Waals surface area contributed by atoms with Gasteiger partial charge < -0.3 is 24.3 Å². The largest absolute Gasteiger partial charge is 0.496 e. The van der Waals surface area contributed by atoms with Crippen LogP contribution < -0.4 is 20.1 Å². The van der Waals surface area contributed by atoms with Crippen molar-refractivity contribution < 1.29 is 23.8 Å². The summed E-state index contributed by atoms with van der Waals surface area (Å²) in [6.45, 7) is 2.12. The number of carbonyl (C=O) groups excluding carboxylic acids is 1. The van der Waals surface area contributed by atoms with Crippen molar-refractivity contribution in [3.63, 3.8) is 0 Å². The molecule has 0 saturated carbocycles. The number of rotatable bonds is 7. The van der Waals surface area contributed by atoms with Gasteiger partial charge in [0.25, 0.3) is 5.91 Å². The van der Waals surface area contributed by atoms with Gasteiger partial charge >= 0.3 is 0 Å². The molecular weight excluding hydrogens is 440 g/mol. The number of hydrogen-bond acceptors (Lipinski definition) is 6. The number of hydrogen-bond donors (Lipinski definition) is 3. The van der Waals surface area contributed by atoms with Gasteiger partial charge in [-0.25, -0.2) is 0 Å². The zero-order chi connectivity index (χ0) is 22.4. The fourth-order valence-electron chi connectivity index (χ4n) is 2.84. The van der Waals surface area contributed by atoms with Gasteiger partial charge in [0.1, 0.15) is 29.6 Å². The van der Waals surface area contributed by atoms with Crippen LogP contribution >= 0.6 is 23.8 Å². The van der Waals surface area contributed by atoms with E-state index in [1.807, 2.05) is 6.92 Å². The van der Waals surface area contributed by atoms with E-state index in [0.29, 0.717) is 51.5 Å². The summed E-state index contributed by atoms with van der Waals surface area (Å²) in [7, 11) is 1.55. The van der Waals surface area contributed by atoms with Gasteiger partial charge in [-0.15, -0.1) is 0 Å². The lowest BCUT2D eigenvalue weighted by Crippen LogP contribution is -2.34. The maximum atomic E-state index is 12.5. The molecule has 0 aliphatic heterocycles. The molecule has 1 heterocycles. The van der Waals surface area contributed by atoms with Crippen molar-refractivity contribution in [3.8, 4) is 22.8 Å². The summed E-state index contributed by atoms with van der Waals surface area (Å²) < 4.78 is 16.4. The second-order valence-corrected chi connectivity index (χ2v) is 7.14. The highest BCUT2D eigenvalue weighted by Gasteiger charge is 2.14. The van der Waals surface area contributed by atoms with Crippen LogP contribution in [0, 0.1) is 0 Å². The Balaban J connectivity index is 1.72. The monoisotopic (exact) mass is 460 g/mol. The lowest BCUT2D eigenvalue weighted by Gasteiger charge is -2.13. The number of halogens is 1. The van der Waals surface area contributed by atoms with E-state index in [1.54, 1.807) is 49.6 Å². The van der Waals surface area contributed by atoms with Gasteiger partial charge in [-0.3, -0.25) is 10.1 Å². The van der Waals surface area contributed by atoms with Crippen molar-refractivity contribution >= 4 is 40.5 Å². The van der Waals surface area contributed by atoms with Crippen molar-refractivity contribution in [1.82, 2.24) is 5.32 Å². The van der Waals surface area contributed by atoms with Crippen LogP contribution in [-0.2, 0) is 6.61 Å².